The fourth-order valence-electron chi connectivity index (χ4n) is 4.68. The lowest BCUT2D eigenvalue weighted by atomic mass is 9.92. The Bertz CT molecular complexity index is 712. The number of nitrogens with zero attached hydrogens (tertiary/aromatic N) is 5. The fourth-order valence-corrected chi connectivity index (χ4v) is 4.68. The zero-order chi connectivity index (χ0) is 20.2. The molecule has 0 spiro atoms. The van der Waals surface area contributed by atoms with Gasteiger partial charge in [0.1, 0.15) is 5.69 Å². The van der Waals surface area contributed by atoms with E-state index in [1.165, 1.54) is 0 Å². The Hall–Kier alpha value is -2.06. The van der Waals surface area contributed by atoms with Crippen LogP contribution in [0.15, 0.2) is 12.4 Å². The minimum atomic E-state index is -0.0324. The number of carbonyl (C=O) groups is 2. The van der Waals surface area contributed by atoms with Crippen LogP contribution in [0.4, 0.5) is 0 Å². The van der Waals surface area contributed by atoms with Gasteiger partial charge in [0, 0.05) is 45.0 Å². The Balaban J connectivity index is 1.29. The average Bonchev–Trinajstić information content (AvgIpc) is 2.79. The number of piperidine rings is 2. The molecule has 2 amide bonds. The summed E-state index contributed by atoms with van der Waals surface area (Å²) in [5, 5.41) is 0. The molecule has 0 N–H and O–H groups in total. The standard InChI is InChI=1S/C21H31N5O3/c1-16-13-23-19(14-22-16)21(28)24-7-4-18(5-8-24)26-6-2-3-17(15-26)20(27)25-9-11-29-12-10-25/h13-14,17-18H,2-12,15H2,1H3/t17-/m1/s1. The molecule has 3 saturated heterocycles. The van der Waals surface area contributed by atoms with Crippen LogP contribution in [-0.4, -0.2) is 95.0 Å². The van der Waals surface area contributed by atoms with Crippen LogP contribution in [0, 0.1) is 12.8 Å². The largest absolute Gasteiger partial charge is 0.378 e. The summed E-state index contributed by atoms with van der Waals surface area (Å²) in [5.74, 6) is 0.364. The number of amides is 2. The van der Waals surface area contributed by atoms with Gasteiger partial charge in [0.25, 0.3) is 5.91 Å². The first-order valence-electron chi connectivity index (χ1n) is 10.8. The molecule has 1 atom stereocenters. The second-order valence-electron chi connectivity index (χ2n) is 8.34. The summed E-state index contributed by atoms with van der Waals surface area (Å²) in [6.07, 6.45) is 7.15. The number of hydrogen-bond acceptors (Lipinski definition) is 6. The van der Waals surface area contributed by atoms with Gasteiger partial charge >= 0.3 is 0 Å². The Morgan fingerprint density at radius 1 is 0.966 bits per heavy atom. The minimum absolute atomic E-state index is 0.0324. The highest BCUT2D eigenvalue weighted by molar-refractivity contribution is 5.92. The van der Waals surface area contributed by atoms with Crippen molar-refractivity contribution < 1.29 is 14.3 Å². The zero-order valence-electron chi connectivity index (χ0n) is 17.3. The van der Waals surface area contributed by atoms with Crippen molar-refractivity contribution in [3.8, 4) is 0 Å². The quantitative estimate of drug-likeness (QED) is 0.751. The molecule has 0 saturated carbocycles. The molecule has 0 radical (unpaired) electrons. The van der Waals surface area contributed by atoms with Crippen molar-refractivity contribution >= 4 is 11.8 Å². The van der Waals surface area contributed by atoms with E-state index in [1.54, 1.807) is 12.4 Å². The molecule has 3 aliphatic rings. The molecule has 8 nitrogen and oxygen atoms in total. The number of hydrogen-bond donors (Lipinski definition) is 0. The molecular weight excluding hydrogens is 370 g/mol. The zero-order valence-corrected chi connectivity index (χ0v) is 17.3. The summed E-state index contributed by atoms with van der Waals surface area (Å²) in [4.78, 5) is 40.3. The van der Waals surface area contributed by atoms with Crippen LogP contribution in [0.3, 0.4) is 0 Å². The van der Waals surface area contributed by atoms with Gasteiger partial charge < -0.3 is 14.5 Å². The number of carbonyl (C=O) groups excluding carboxylic acids is 2. The van der Waals surface area contributed by atoms with Crippen LogP contribution in [0.1, 0.15) is 41.9 Å². The maximum Gasteiger partial charge on any atom is 0.274 e. The van der Waals surface area contributed by atoms with E-state index in [4.69, 9.17) is 4.74 Å². The molecule has 8 heteroatoms. The minimum Gasteiger partial charge on any atom is -0.378 e. The number of morpholine rings is 1. The van der Waals surface area contributed by atoms with E-state index in [0.717, 1.165) is 70.6 Å². The molecule has 0 bridgehead atoms. The SMILES string of the molecule is Cc1cnc(C(=O)N2CCC(N3CCC[C@@H](C(=O)N4CCOCC4)C3)CC2)cn1. The van der Waals surface area contributed by atoms with E-state index >= 15 is 0 Å². The first kappa shape index (κ1) is 20.2. The Kier molecular flexibility index (Phi) is 6.40. The smallest absolute Gasteiger partial charge is 0.274 e. The second kappa shape index (κ2) is 9.17. The maximum absolute atomic E-state index is 12.9. The highest BCUT2D eigenvalue weighted by atomic mass is 16.5. The van der Waals surface area contributed by atoms with E-state index in [9.17, 15) is 9.59 Å². The predicted molar refractivity (Wildman–Crippen MR) is 107 cm³/mol. The van der Waals surface area contributed by atoms with Gasteiger partial charge in [-0.3, -0.25) is 19.5 Å². The van der Waals surface area contributed by atoms with Crippen LogP contribution in [0.25, 0.3) is 0 Å². The third kappa shape index (κ3) is 4.75. The van der Waals surface area contributed by atoms with E-state index in [1.807, 2.05) is 16.7 Å². The lowest BCUT2D eigenvalue weighted by molar-refractivity contribution is -0.141. The van der Waals surface area contributed by atoms with E-state index in [0.29, 0.717) is 30.9 Å². The Morgan fingerprint density at radius 2 is 1.72 bits per heavy atom. The molecule has 3 aliphatic heterocycles. The molecule has 158 valence electrons. The van der Waals surface area contributed by atoms with Crippen molar-refractivity contribution in [2.24, 2.45) is 5.92 Å². The number of likely N-dealkylation sites (tertiary alicyclic amines) is 2. The van der Waals surface area contributed by atoms with E-state index < -0.39 is 0 Å². The predicted octanol–water partition coefficient (Wildman–Crippen LogP) is 0.960. The summed E-state index contributed by atoms with van der Waals surface area (Å²) in [7, 11) is 0. The number of rotatable bonds is 3. The molecule has 29 heavy (non-hydrogen) atoms. The van der Waals surface area contributed by atoms with Crippen molar-refractivity contribution in [3.05, 3.63) is 23.8 Å². The van der Waals surface area contributed by atoms with Crippen molar-refractivity contribution in [2.45, 2.75) is 38.6 Å². The monoisotopic (exact) mass is 401 g/mol. The maximum atomic E-state index is 12.9. The van der Waals surface area contributed by atoms with Crippen LogP contribution in [-0.2, 0) is 9.53 Å². The molecule has 1 aromatic rings. The topological polar surface area (TPSA) is 78.9 Å². The summed E-state index contributed by atoms with van der Waals surface area (Å²) in [6, 6.07) is 0.448. The summed E-state index contributed by atoms with van der Waals surface area (Å²) in [5.41, 5.74) is 1.23. The molecular formula is C21H31N5O3. The van der Waals surface area contributed by atoms with Gasteiger partial charge in [-0.2, -0.15) is 0 Å². The van der Waals surface area contributed by atoms with E-state index in [-0.39, 0.29) is 11.8 Å². The molecule has 0 unspecified atom stereocenters. The van der Waals surface area contributed by atoms with Gasteiger partial charge in [0.2, 0.25) is 5.91 Å². The normalized spacial score (nSPS) is 24.5. The summed E-state index contributed by atoms with van der Waals surface area (Å²) < 4.78 is 5.38. The number of aryl methyl sites for hydroxylation is 1. The highest BCUT2D eigenvalue weighted by Gasteiger charge is 2.34. The molecule has 4 heterocycles. The summed E-state index contributed by atoms with van der Waals surface area (Å²) >= 11 is 0. The van der Waals surface area contributed by atoms with Crippen molar-refractivity contribution in [2.75, 3.05) is 52.5 Å². The lowest BCUT2D eigenvalue weighted by Crippen LogP contribution is -2.53. The van der Waals surface area contributed by atoms with Crippen LogP contribution in [0.2, 0.25) is 0 Å². The first-order chi connectivity index (χ1) is 14.1. The van der Waals surface area contributed by atoms with Crippen molar-refractivity contribution in [1.82, 2.24) is 24.7 Å². The van der Waals surface area contributed by atoms with Gasteiger partial charge in [0.05, 0.1) is 31.0 Å². The van der Waals surface area contributed by atoms with Crippen LogP contribution < -0.4 is 0 Å². The number of ether oxygens (including phenoxy) is 1. The Labute approximate surface area is 172 Å². The van der Waals surface area contributed by atoms with Gasteiger partial charge in [-0.25, -0.2) is 4.98 Å². The summed E-state index contributed by atoms with van der Waals surface area (Å²) in [6.45, 7) is 7.97. The molecule has 0 aliphatic carbocycles. The highest BCUT2D eigenvalue weighted by Crippen LogP contribution is 2.25. The first-order valence-corrected chi connectivity index (χ1v) is 10.8. The van der Waals surface area contributed by atoms with Crippen molar-refractivity contribution in [1.29, 1.82) is 0 Å². The molecule has 1 aromatic heterocycles. The van der Waals surface area contributed by atoms with E-state index in [2.05, 4.69) is 14.9 Å². The van der Waals surface area contributed by atoms with Crippen molar-refractivity contribution in [3.63, 3.8) is 0 Å². The Morgan fingerprint density at radius 3 is 2.41 bits per heavy atom. The number of aromatic nitrogens is 2. The lowest BCUT2D eigenvalue weighted by Gasteiger charge is -2.43. The van der Waals surface area contributed by atoms with Gasteiger partial charge in [-0.1, -0.05) is 0 Å². The average molecular weight is 402 g/mol. The third-order valence-electron chi connectivity index (χ3n) is 6.39. The molecule has 4 rings (SSSR count). The van der Waals surface area contributed by atoms with Crippen LogP contribution in [0.5, 0.6) is 0 Å². The van der Waals surface area contributed by atoms with Gasteiger partial charge in [0.15, 0.2) is 0 Å². The third-order valence-corrected chi connectivity index (χ3v) is 6.39. The van der Waals surface area contributed by atoms with Gasteiger partial charge in [-0.15, -0.1) is 0 Å². The molecule has 3 fully saturated rings. The second-order valence-corrected chi connectivity index (χ2v) is 8.34. The molecule has 0 aromatic carbocycles. The van der Waals surface area contributed by atoms with Gasteiger partial charge in [-0.05, 0) is 39.2 Å². The van der Waals surface area contributed by atoms with Crippen LogP contribution >= 0.6 is 0 Å². The fraction of sp³-hybridized carbons (Fsp3) is 0.714.